The van der Waals surface area contributed by atoms with Crippen molar-refractivity contribution >= 4 is 23.3 Å². The minimum absolute atomic E-state index is 0.328. The van der Waals surface area contributed by atoms with Crippen LogP contribution >= 0.6 is 11.3 Å². The van der Waals surface area contributed by atoms with Crippen LogP contribution in [0.3, 0.4) is 0 Å². The number of carbonyl (C=O) groups is 2. The molecule has 5 rings (SSSR count). The Balaban J connectivity index is 0.000000179. The third-order valence-corrected chi connectivity index (χ3v) is 5.73. The molecule has 0 saturated heterocycles. The quantitative estimate of drug-likeness (QED) is 0.315. The van der Waals surface area contributed by atoms with E-state index in [1.165, 1.54) is 12.0 Å². The molecular formula is C23H20N8O4S. The fourth-order valence-electron chi connectivity index (χ4n) is 2.98. The Labute approximate surface area is 208 Å². The summed E-state index contributed by atoms with van der Waals surface area (Å²) in [7, 11) is 1.34. The summed E-state index contributed by atoms with van der Waals surface area (Å²) in [6.07, 6.45) is 0.740. The summed E-state index contributed by atoms with van der Waals surface area (Å²) in [6, 6.07) is 17.7. The van der Waals surface area contributed by atoms with E-state index in [-0.39, 0.29) is 11.9 Å². The third kappa shape index (κ3) is 6.42. The Morgan fingerprint density at radius 3 is 1.81 bits per heavy atom. The first-order valence-electron chi connectivity index (χ1n) is 10.6. The number of methoxy groups -OCH3 is 1. The SMILES string of the molecule is COC(=O)c1ccc(-c2nn[nH]n2)cc1.O=C(OCCc1cccs1)c1ccc(-c2nn[nH]n2)cc1. The average Bonchev–Trinajstić information content (AvgIpc) is 3.72. The molecule has 3 heterocycles. The van der Waals surface area contributed by atoms with Crippen molar-refractivity contribution in [2.24, 2.45) is 0 Å². The number of hydrogen-bond donors (Lipinski definition) is 2. The Morgan fingerprint density at radius 2 is 1.36 bits per heavy atom. The number of nitrogens with one attached hydrogen (secondary N) is 2. The Hall–Kier alpha value is -4.78. The number of tetrazole rings is 2. The van der Waals surface area contributed by atoms with E-state index in [1.54, 1.807) is 59.9 Å². The predicted molar refractivity (Wildman–Crippen MR) is 129 cm³/mol. The standard InChI is InChI=1S/C14H12N4O2S.C9H8N4O2/c19-14(20-8-7-12-2-1-9-21-12)11-5-3-10(4-6-11)13-15-17-18-16-13;1-15-9(14)7-4-2-6(3-5-7)8-10-12-13-11-8/h1-6,9H,7-8H2,(H,15,16,17,18);2-5H,1H3,(H,10,11,12,13). The van der Waals surface area contributed by atoms with Crippen LogP contribution in [-0.2, 0) is 15.9 Å². The molecule has 2 N–H and O–H groups in total. The summed E-state index contributed by atoms with van der Waals surface area (Å²) < 4.78 is 9.83. The largest absolute Gasteiger partial charge is 0.465 e. The molecule has 0 saturated carbocycles. The minimum Gasteiger partial charge on any atom is -0.465 e. The van der Waals surface area contributed by atoms with E-state index < -0.39 is 0 Å². The van der Waals surface area contributed by atoms with Crippen molar-refractivity contribution in [3.63, 3.8) is 0 Å². The zero-order valence-corrected chi connectivity index (χ0v) is 19.8. The van der Waals surface area contributed by atoms with Gasteiger partial charge in [0, 0.05) is 22.4 Å². The number of H-pyrrole nitrogens is 2. The molecule has 0 bridgehead atoms. The van der Waals surface area contributed by atoms with Gasteiger partial charge in [-0.1, -0.05) is 30.3 Å². The average molecular weight is 505 g/mol. The second kappa shape index (κ2) is 12.1. The van der Waals surface area contributed by atoms with Gasteiger partial charge < -0.3 is 9.47 Å². The zero-order valence-electron chi connectivity index (χ0n) is 19.0. The molecule has 5 aromatic rings. The smallest absolute Gasteiger partial charge is 0.338 e. The number of nitrogens with zero attached hydrogens (tertiary/aromatic N) is 6. The van der Waals surface area contributed by atoms with Crippen LogP contribution < -0.4 is 0 Å². The van der Waals surface area contributed by atoms with Gasteiger partial charge in [-0.25, -0.2) is 9.59 Å². The van der Waals surface area contributed by atoms with Gasteiger partial charge in [0.05, 0.1) is 24.8 Å². The first-order valence-corrected chi connectivity index (χ1v) is 11.5. The van der Waals surface area contributed by atoms with Crippen molar-refractivity contribution in [2.45, 2.75) is 6.42 Å². The van der Waals surface area contributed by atoms with Crippen LogP contribution in [0.15, 0.2) is 66.0 Å². The van der Waals surface area contributed by atoms with Gasteiger partial charge >= 0.3 is 11.9 Å². The van der Waals surface area contributed by atoms with Crippen molar-refractivity contribution in [2.75, 3.05) is 13.7 Å². The summed E-state index contributed by atoms with van der Waals surface area (Å²) in [5, 5.41) is 29.1. The van der Waals surface area contributed by atoms with Crippen LogP contribution in [-0.4, -0.2) is 66.9 Å². The molecule has 0 aliphatic heterocycles. The number of rotatable bonds is 7. The molecule has 0 unspecified atom stereocenters. The monoisotopic (exact) mass is 504 g/mol. The molecule has 12 nitrogen and oxygen atoms in total. The molecule has 0 radical (unpaired) electrons. The van der Waals surface area contributed by atoms with Crippen LogP contribution in [0.5, 0.6) is 0 Å². The van der Waals surface area contributed by atoms with E-state index >= 15 is 0 Å². The molecule has 13 heteroatoms. The van der Waals surface area contributed by atoms with Crippen LogP contribution in [0, 0.1) is 0 Å². The lowest BCUT2D eigenvalue weighted by Gasteiger charge is -2.04. The van der Waals surface area contributed by atoms with Gasteiger partial charge in [-0.2, -0.15) is 10.4 Å². The number of thiophene rings is 1. The van der Waals surface area contributed by atoms with Crippen molar-refractivity contribution in [3.8, 4) is 22.8 Å². The number of ether oxygens (including phenoxy) is 2. The van der Waals surface area contributed by atoms with Crippen LogP contribution in [0.4, 0.5) is 0 Å². The van der Waals surface area contributed by atoms with Gasteiger partial charge in [0.25, 0.3) is 0 Å². The van der Waals surface area contributed by atoms with Crippen LogP contribution in [0.2, 0.25) is 0 Å². The molecule has 0 spiro atoms. The fraction of sp³-hybridized carbons (Fsp3) is 0.130. The Morgan fingerprint density at radius 1 is 0.806 bits per heavy atom. The minimum atomic E-state index is -0.366. The maximum absolute atomic E-state index is 11.9. The molecule has 36 heavy (non-hydrogen) atoms. The highest BCUT2D eigenvalue weighted by molar-refractivity contribution is 7.09. The number of aromatic amines is 2. The molecule has 2 aromatic carbocycles. The molecule has 182 valence electrons. The van der Waals surface area contributed by atoms with E-state index in [4.69, 9.17) is 4.74 Å². The van der Waals surface area contributed by atoms with Crippen molar-refractivity contribution < 1.29 is 19.1 Å². The first-order chi connectivity index (χ1) is 17.6. The van der Waals surface area contributed by atoms with Gasteiger partial charge in [0.2, 0.25) is 11.6 Å². The second-order valence-corrected chi connectivity index (χ2v) is 8.11. The Bertz CT molecular complexity index is 1360. The van der Waals surface area contributed by atoms with Crippen LogP contribution in [0.25, 0.3) is 22.8 Å². The number of carbonyl (C=O) groups excluding carboxylic acids is 2. The molecule has 0 fully saturated rings. The molecule has 0 aliphatic rings. The highest BCUT2D eigenvalue weighted by Gasteiger charge is 2.09. The number of esters is 2. The van der Waals surface area contributed by atoms with Gasteiger partial charge in [-0.3, -0.25) is 0 Å². The number of benzene rings is 2. The van der Waals surface area contributed by atoms with Crippen molar-refractivity contribution in [3.05, 3.63) is 82.0 Å². The Kier molecular flexibility index (Phi) is 8.17. The molecule has 0 atom stereocenters. The van der Waals surface area contributed by atoms with Crippen molar-refractivity contribution in [1.82, 2.24) is 41.2 Å². The summed E-state index contributed by atoms with van der Waals surface area (Å²) in [5.74, 6) is 0.292. The molecule has 0 amide bonds. The summed E-state index contributed by atoms with van der Waals surface area (Å²) >= 11 is 1.66. The van der Waals surface area contributed by atoms with E-state index in [9.17, 15) is 9.59 Å². The van der Waals surface area contributed by atoms with Gasteiger partial charge in [-0.05, 0) is 46.1 Å². The number of aromatic nitrogens is 8. The maximum atomic E-state index is 11.9. The lowest BCUT2D eigenvalue weighted by Crippen LogP contribution is -2.07. The number of hydrogen-bond acceptors (Lipinski definition) is 11. The summed E-state index contributed by atoms with van der Waals surface area (Å²) in [6.45, 7) is 0.381. The van der Waals surface area contributed by atoms with Crippen molar-refractivity contribution in [1.29, 1.82) is 0 Å². The van der Waals surface area contributed by atoms with Gasteiger partial charge in [-0.15, -0.1) is 31.7 Å². The van der Waals surface area contributed by atoms with Gasteiger partial charge in [0.15, 0.2) is 0 Å². The molecule has 3 aromatic heterocycles. The predicted octanol–water partition coefficient (Wildman–Crippen LogP) is 2.98. The van der Waals surface area contributed by atoms with Crippen LogP contribution in [0.1, 0.15) is 25.6 Å². The highest BCUT2D eigenvalue weighted by atomic mass is 32.1. The van der Waals surface area contributed by atoms with Gasteiger partial charge in [0.1, 0.15) is 0 Å². The van der Waals surface area contributed by atoms with E-state index in [1.807, 2.05) is 17.5 Å². The second-order valence-electron chi connectivity index (χ2n) is 7.08. The fourth-order valence-corrected chi connectivity index (χ4v) is 3.67. The first kappa shape index (κ1) is 24.3. The maximum Gasteiger partial charge on any atom is 0.338 e. The zero-order chi connectivity index (χ0) is 25.2. The lowest BCUT2D eigenvalue weighted by molar-refractivity contribution is 0.0509. The topological polar surface area (TPSA) is 162 Å². The van der Waals surface area contributed by atoms with E-state index in [0.717, 1.165) is 17.5 Å². The third-order valence-electron chi connectivity index (χ3n) is 4.80. The lowest BCUT2D eigenvalue weighted by atomic mass is 10.1. The normalized spacial score (nSPS) is 10.2. The summed E-state index contributed by atoms with van der Waals surface area (Å²) in [5.41, 5.74) is 2.58. The van der Waals surface area contributed by atoms with E-state index in [2.05, 4.69) is 46.0 Å². The highest BCUT2D eigenvalue weighted by Crippen LogP contribution is 2.16. The molecule has 0 aliphatic carbocycles. The van der Waals surface area contributed by atoms with E-state index in [0.29, 0.717) is 29.4 Å². The summed E-state index contributed by atoms with van der Waals surface area (Å²) in [4.78, 5) is 24.2. The molecular weight excluding hydrogens is 484 g/mol.